The van der Waals surface area contributed by atoms with Gasteiger partial charge < -0.3 is 28.9 Å². The van der Waals surface area contributed by atoms with Crippen LogP contribution in [-0.2, 0) is 27.0 Å². The summed E-state index contributed by atoms with van der Waals surface area (Å²) >= 11 is 0. The zero-order valence-electron chi connectivity index (χ0n) is 39.3. The summed E-state index contributed by atoms with van der Waals surface area (Å²) in [6, 6.07) is 27.7. The first-order chi connectivity index (χ1) is 30.5. The van der Waals surface area contributed by atoms with Crippen molar-refractivity contribution in [2.75, 3.05) is 57.6 Å². The number of carbonyl (C=O) groups is 2. The van der Waals surface area contributed by atoms with E-state index in [-0.39, 0.29) is 28.5 Å². The molecule has 4 heterocycles. The van der Waals surface area contributed by atoms with E-state index < -0.39 is 20.0 Å². The van der Waals surface area contributed by atoms with Crippen LogP contribution in [0.4, 0.5) is 21.4 Å². The quantitative estimate of drug-likeness (QED) is 0.0931. The molecule has 14 nitrogen and oxygen atoms in total. The Bertz CT molecular complexity index is 2360. The van der Waals surface area contributed by atoms with Crippen LogP contribution in [0, 0.1) is 12.3 Å². The SMILES string of the molecule is CCC[C@@H](CCO[Si](c1ccccc1)(c1ccccc1)C(C)(C)C)Nc1nc(NC(=O)OC)nc2c(C)nn(Cc3ccc(CN4CC5(C4)CN(C(=O)OC(C)(C)C)C5)cc3OC)c12. The van der Waals surface area contributed by atoms with Crippen molar-refractivity contribution in [3.63, 3.8) is 0 Å². The van der Waals surface area contributed by atoms with Crippen molar-refractivity contribution in [2.45, 2.75) is 104 Å². The summed E-state index contributed by atoms with van der Waals surface area (Å²) in [6.07, 6.45) is 1.61. The molecule has 15 heteroatoms. The molecule has 2 aliphatic rings. The number of hydrogen-bond acceptors (Lipinski definition) is 11. The van der Waals surface area contributed by atoms with Gasteiger partial charge in [-0.25, -0.2) is 14.6 Å². The fourth-order valence-electron chi connectivity index (χ4n) is 9.46. The second-order valence-corrected chi connectivity index (χ2v) is 23.8. The molecule has 3 aromatic carbocycles. The number of amides is 2. The molecular weight excluding hydrogens is 825 g/mol. The summed E-state index contributed by atoms with van der Waals surface area (Å²) in [5, 5.41) is 13.8. The van der Waals surface area contributed by atoms with Gasteiger partial charge in [0.05, 0.1) is 26.5 Å². The maximum Gasteiger partial charge on any atom is 0.413 e. The number of ether oxygens (including phenoxy) is 3. The van der Waals surface area contributed by atoms with E-state index in [1.807, 2.05) is 32.4 Å². The molecular formula is C49H66N8O6Si. The molecule has 7 rings (SSSR count). The molecule has 2 aliphatic heterocycles. The van der Waals surface area contributed by atoms with Gasteiger partial charge >= 0.3 is 12.2 Å². The van der Waals surface area contributed by atoms with Crippen molar-refractivity contribution in [3.05, 3.63) is 95.7 Å². The Morgan fingerprint density at radius 2 is 1.52 bits per heavy atom. The molecule has 2 N–H and O–H groups in total. The normalized spacial score (nSPS) is 15.6. The lowest BCUT2D eigenvalue weighted by Gasteiger charge is -2.60. The topological polar surface area (TPSA) is 145 Å². The van der Waals surface area contributed by atoms with Crippen molar-refractivity contribution >= 4 is 53.7 Å². The van der Waals surface area contributed by atoms with Crippen LogP contribution in [0.2, 0.25) is 5.04 Å². The molecule has 5 aromatic rings. The second kappa shape index (κ2) is 18.9. The Balaban J connectivity index is 1.11. The minimum atomic E-state index is -2.76. The lowest BCUT2D eigenvalue weighted by Crippen LogP contribution is -2.72. The number of aromatic nitrogens is 4. The van der Waals surface area contributed by atoms with Crippen LogP contribution >= 0.6 is 0 Å². The summed E-state index contributed by atoms with van der Waals surface area (Å²) in [7, 11) is 0.250. The smallest absolute Gasteiger partial charge is 0.413 e. The molecule has 1 atom stereocenters. The number of anilines is 2. The zero-order chi connectivity index (χ0) is 45.9. The van der Waals surface area contributed by atoms with Gasteiger partial charge in [0.1, 0.15) is 22.4 Å². The number of benzene rings is 3. The van der Waals surface area contributed by atoms with Gasteiger partial charge in [0.25, 0.3) is 8.32 Å². The predicted octanol–water partition coefficient (Wildman–Crippen LogP) is 7.97. The Hall–Kier alpha value is -5.51. The van der Waals surface area contributed by atoms with Crippen molar-refractivity contribution in [3.8, 4) is 5.75 Å². The van der Waals surface area contributed by atoms with Crippen LogP contribution in [0.25, 0.3) is 11.0 Å². The minimum Gasteiger partial charge on any atom is -0.496 e. The van der Waals surface area contributed by atoms with Crippen LogP contribution < -0.4 is 25.7 Å². The van der Waals surface area contributed by atoms with Crippen LogP contribution in [0.15, 0.2) is 78.9 Å². The number of aryl methyl sites for hydroxylation is 1. The first kappa shape index (κ1) is 46.5. The molecule has 0 unspecified atom stereocenters. The molecule has 0 bridgehead atoms. The van der Waals surface area contributed by atoms with E-state index in [2.05, 4.69) is 122 Å². The van der Waals surface area contributed by atoms with E-state index in [0.717, 1.165) is 68.0 Å². The summed E-state index contributed by atoms with van der Waals surface area (Å²) in [5.41, 5.74) is 3.78. The maximum atomic E-state index is 12.5. The lowest BCUT2D eigenvalue weighted by atomic mass is 9.73. The van der Waals surface area contributed by atoms with Crippen LogP contribution in [0.5, 0.6) is 5.75 Å². The highest BCUT2D eigenvalue weighted by atomic mass is 28.4. The fraction of sp³-hybridized carbons (Fsp3) is 0.490. The van der Waals surface area contributed by atoms with Gasteiger partial charge in [-0.1, -0.05) is 107 Å². The molecule has 0 radical (unpaired) electrons. The highest BCUT2D eigenvalue weighted by Gasteiger charge is 2.54. The van der Waals surface area contributed by atoms with E-state index >= 15 is 0 Å². The molecule has 2 amide bonds. The zero-order valence-corrected chi connectivity index (χ0v) is 40.3. The number of rotatable bonds is 16. The molecule has 0 aliphatic carbocycles. The molecule has 342 valence electrons. The largest absolute Gasteiger partial charge is 0.496 e. The number of fused-ring (bicyclic) bond motifs is 1. The van der Waals surface area contributed by atoms with E-state index in [0.29, 0.717) is 36.6 Å². The van der Waals surface area contributed by atoms with Crippen LogP contribution in [0.3, 0.4) is 0 Å². The number of carbonyl (C=O) groups excluding carboxylic acids is 2. The van der Waals surface area contributed by atoms with Gasteiger partial charge in [-0.3, -0.25) is 14.9 Å². The summed E-state index contributed by atoms with van der Waals surface area (Å²) < 4.78 is 25.7. The van der Waals surface area contributed by atoms with Gasteiger partial charge in [-0.05, 0) is 67.6 Å². The Kier molecular flexibility index (Phi) is 13.7. The van der Waals surface area contributed by atoms with E-state index in [1.54, 1.807) is 12.0 Å². The fourth-order valence-corrected chi connectivity index (χ4v) is 14.0. The second-order valence-electron chi connectivity index (χ2n) is 19.5. The molecule has 2 fully saturated rings. The van der Waals surface area contributed by atoms with Gasteiger partial charge in [0, 0.05) is 56.4 Å². The molecule has 1 spiro atoms. The molecule has 2 saturated heterocycles. The van der Waals surface area contributed by atoms with Crippen LogP contribution in [-0.4, -0.2) is 109 Å². The number of likely N-dealkylation sites (tertiary alicyclic amines) is 2. The van der Waals surface area contributed by atoms with E-state index in [1.165, 1.54) is 17.5 Å². The van der Waals surface area contributed by atoms with Gasteiger partial charge in [-0.15, -0.1) is 0 Å². The summed E-state index contributed by atoms with van der Waals surface area (Å²) in [6.45, 7) is 21.7. The average Bonchev–Trinajstić information content (AvgIpc) is 3.53. The standard InChI is InChI=1S/C49H66N8O6Si/c1-11-18-37(25-26-62-64(48(6,7)8,38-19-14-12-15-20-38)39-21-16-13-17-22-39)50-43-42-41(51-44(52-43)53-45(58)61-10)34(2)54-57(42)29-36-24-23-35(27-40(36)60-9)28-55-30-49(31-55)32-56(33-49)46(59)63-47(3,4)5/h12-17,19-24,27,37H,11,18,25-26,28-33H2,1-10H3,(H2,50,51,52,53,58)/t37-/m0/s1. The van der Waals surface area contributed by atoms with Crippen molar-refractivity contribution < 1.29 is 28.2 Å². The Labute approximate surface area is 379 Å². The highest BCUT2D eigenvalue weighted by molar-refractivity contribution is 6.99. The predicted molar refractivity (Wildman–Crippen MR) is 254 cm³/mol. The highest BCUT2D eigenvalue weighted by Crippen LogP contribution is 2.41. The number of methoxy groups -OCH3 is 2. The van der Waals surface area contributed by atoms with Crippen molar-refractivity contribution in [2.24, 2.45) is 5.41 Å². The average molecular weight is 891 g/mol. The number of nitrogens with zero attached hydrogens (tertiary/aromatic N) is 6. The Morgan fingerprint density at radius 1 is 0.859 bits per heavy atom. The van der Waals surface area contributed by atoms with Gasteiger partial charge in [0.15, 0.2) is 5.82 Å². The first-order valence-electron chi connectivity index (χ1n) is 22.4. The minimum absolute atomic E-state index is 0.0225. The number of hydrogen-bond donors (Lipinski definition) is 2. The van der Waals surface area contributed by atoms with Crippen molar-refractivity contribution in [1.29, 1.82) is 0 Å². The van der Waals surface area contributed by atoms with Crippen LogP contribution in [0.1, 0.15) is 84.5 Å². The maximum absolute atomic E-state index is 12.5. The first-order valence-corrected chi connectivity index (χ1v) is 24.3. The lowest BCUT2D eigenvalue weighted by molar-refractivity contribution is -0.115. The monoisotopic (exact) mass is 890 g/mol. The summed E-state index contributed by atoms with van der Waals surface area (Å²) in [5.74, 6) is 1.44. The molecule has 64 heavy (non-hydrogen) atoms. The third kappa shape index (κ3) is 10.1. The van der Waals surface area contributed by atoms with E-state index in [9.17, 15) is 9.59 Å². The molecule has 0 saturated carbocycles. The van der Waals surface area contributed by atoms with Crippen molar-refractivity contribution in [1.82, 2.24) is 29.5 Å². The van der Waals surface area contributed by atoms with E-state index in [4.69, 9.17) is 33.7 Å². The summed E-state index contributed by atoms with van der Waals surface area (Å²) in [4.78, 5) is 38.8. The molecule has 2 aromatic heterocycles. The Morgan fingerprint density at radius 3 is 2.09 bits per heavy atom. The third-order valence-electron chi connectivity index (χ3n) is 12.2. The van der Waals surface area contributed by atoms with Gasteiger partial charge in [0.2, 0.25) is 5.95 Å². The number of nitrogens with one attached hydrogen (secondary N) is 2. The third-order valence-corrected chi connectivity index (χ3v) is 17.3. The van der Waals surface area contributed by atoms with Gasteiger partial charge in [-0.2, -0.15) is 10.1 Å².